The molecule has 0 aromatic rings. The Balaban J connectivity index is 4.28. The van der Waals surface area contributed by atoms with Gasteiger partial charge in [-0.2, -0.15) is 0 Å². The fourth-order valence-electron chi connectivity index (χ4n) is 1.19. The van der Waals surface area contributed by atoms with Gasteiger partial charge in [0.1, 0.15) is 5.54 Å². The van der Waals surface area contributed by atoms with E-state index in [1.165, 1.54) is 0 Å². The normalized spacial score (nSPS) is 16.1. The van der Waals surface area contributed by atoms with Gasteiger partial charge in [0.25, 0.3) is 0 Å². The number of rotatable bonds is 5. The van der Waals surface area contributed by atoms with Crippen LogP contribution in [-0.4, -0.2) is 23.3 Å². The molecule has 0 bridgehead atoms. The molecule has 0 spiro atoms. The SMILES string of the molecule is CC(C)C[C@@](N)(CCF)C(=O)O. The topological polar surface area (TPSA) is 63.3 Å². The van der Waals surface area contributed by atoms with E-state index < -0.39 is 18.2 Å². The van der Waals surface area contributed by atoms with Crippen LogP contribution in [0.25, 0.3) is 0 Å². The molecule has 0 aromatic heterocycles. The minimum atomic E-state index is -1.39. The Morgan fingerprint density at radius 3 is 2.42 bits per heavy atom. The summed E-state index contributed by atoms with van der Waals surface area (Å²) in [5.41, 5.74) is 4.13. The van der Waals surface area contributed by atoms with Crippen molar-refractivity contribution in [3.63, 3.8) is 0 Å². The summed E-state index contributed by atoms with van der Waals surface area (Å²) >= 11 is 0. The van der Waals surface area contributed by atoms with Crippen molar-refractivity contribution in [2.24, 2.45) is 11.7 Å². The summed E-state index contributed by atoms with van der Waals surface area (Å²) in [7, 11) is 0. The van der Waals surface area contributed by atoms with Crippen molar-refractivity contribution in [3.05, 3.63) is 0 Å². The molecular formula is C8H16FNO2. The van der Waals surface area contributed by atoms with Gasteiger partial charge in [-0.1, -0.05) is 13.8 Å². The molecule has 0 saturated heterocycles. The lowest BCUT2D eigenvalue weighted by molar-refractivity contribution is -0.144. The zero-order valence-corrected chi connectivity index (χ0v) is 7.51. The Kier molecular flexibility index (Phi) is 4.17. The third-order valence-corrected chi connectivity index (χ3v) is 1.74. The van der Waals surface area contributed by atoms with E-state index >= 15 is 0 Å². The number of nitrogens with two attached hydrogens (primary N) is 1. The number of carboxylic acids is 1. The highest BCUT2D eigenvalue weighted by Crippen LogP contribution is 2.18. The summed E-state index contributed by atoms with van der Waals surface area (Å²) in [6, 6.07) is 0. The molecule has 0 heterocycles. The Morgan fingerprint density at radius 2 is 2.17 bits per heavy atom. The zero-order valence-electron chi connectivity index (χ0n) is 7.51. The second kappa shape index (κ2) is 4.40. The second-order valence-corrected chi connectivity index (χ2v) is 3.50. The van der Waals surface area contributed by atoms with Crippen LogP contribution in [0.15, 0.2) is 0 Å². The molecule has 72 valence electrons. The van der Waals surface area contributed by atoms with E-state index in [0.717, 1.165) is 0 Å². The number of alkyl halides is 1. The van der Waals surface area contributed by atoms with Crippen LogP contribution in [0.3, 0.4) is 0 Å². The monoisotopic (exact) mass is 177 g/mol. The fraction of sp³-hybridized carbons (Fsp3) is 0.875. The van der Waals surface area contributed by atoms with Crippen molar-refractivity contribution >= 4 is 5.97 Å². The molecule has 0 aliphatic heterocycles. The lowest BCUT2D eigenvalue weighted by Crippen LogP contribution is -2.49. The molecule has 4 heteroatoms. The summed E-state index contributed by atoms with van der Waals surface area (Å²) in [6.45, 7) is 3.04. The first-order chi connectivity index (χ1) is 5.42. The number of carbonyl (C=O) groups is 1. The van der Waals surface area contributed by atoms with Gasteiger partial charge in [-0.3, -0.25) is 9.18 Å². The quantitative estimate of drug-likeness (QED) is 0.662. The number of hydrogen-bond acceptors (Lipinski definition) is 2. The van der Waals surface area contributed by atoms with Crippen molar-refractivity contribution in [3.8, 4) is 0 Å². The molecule has 0 amide bonds. The van der Waals surface area contributed by atoms with Crippen LogP contribution in [0.2, 0.25) is 0 Å². The molecule has 0 unspecified atom stereocenters. The second-order valence-electron chi connectivity index (χ2n) is 3.50. The average molecular weight is 177 g/mol. The maximum atomic E-state index is 12.0. The van der Waals surface area contributed by atoms with Crippen LogP contribution in [-0.2, 0) is 4.79 Å². The summed E-state index contributed by atoms with van der Waals surface area (Å²) in [5.74, 6) is -0.952. The van der Waals surface area contributed by atoms with Crippen molar-refractivity contribution in [2.75, 3.05) is 6.67 Å². The molecule has 0 saturated carbocycles. The molecule has 3 N–H and O–H groups in total. The molecular weight excluding hydrogens is 161 g/mol. The summed E-state index contributed by atoms with van der Waals surface area (Å²) in [6.07, 6.45) is 0.201. The molecule has 12 heavy (non-hydrogen) atoms. The minimum absolute atomic E-state index is 0.111. The number of hydrogen-bond donors (Lipinski definition) is 2. The van der Waals surface area contributed by atoms with Crippen LogP contribution < -0.4 is 5.73 Å². The summed E-state index contributed by atoms with van der Waals surface area (Å²) in [4.78, 5) is 10.7. The fourth-order valence-corrected chi connectivity index (χ4v) is 1.19. The third-order valence-electron chi connectivity index (χ3n) is 1.74. The number of aliphatic carboxylic acids is 1. The van der Waals surface area contributed by atoms with E-state index in [2.05, 4.69) is 0 Å². The Morgan fingerprint density at radius 1 is 1.67 bits per heavy atom. The highest BCUT2D eigenvalue weighted by atomic mass is 19.1. The van der Waals surface area contributed by atoms with Gasteiger partial charge in [-0.15, -0.1) is 0 Å². The van der Waals surface area contributed by atoms with E-state index in [0.29, 0.717) is 6.42 Å². The van der Waals surface area contributed by atoms with Gasteiger partial charge in [0.15, 0.2) is 0 Å². The number of carboxylic acid groups (broad SMARTS) is 1. The molecule has 0 aliphatic carbocycles. The molecule has 0 aliphatic rings. The lowest BCUT2D eigenvalue weighted by Gasteiger charge is -2.25. The maximum Gasteiger partial charge on any atom is 0.323 e. The van der Waals surface area contributed by atoms with Crippen LogP contribution in [0.5, 0.6) is 0 Å². The Labute approximate surface area is 71.8 Å². The van der Waals surface area contributed by atoms with Gasteiger partial charge >= 0.3 is 5.97 Å². The Hall–Kier alpha value is -0.640. The highest BCUT2D eigenvalue weighted by Gasteiger charge is 2.33. The predicted octanol–water partition coefficient (Wildman–Crippen LogP) is 1.17. The van der Waals surface area contributed by atoms with E-state index in [1.807, 2.05) is 13.8 Å². The lowest BCUT2D eigenvalue weighted by atomic mass is 9.87. The van der Waals surface area contributed by atoms with Gasteiger partial charge < -0.3 is 10.8 Å². The minimum Gasteiger partial charge on any atom is -0.480 e. The van der Waals surface area contributed by atoms with Gasteiger partial charge in [0.2, 0.25) is 0 Å². The molecule has 1 atom stereocenters. The Bertz CT molecular complexity index is 161. The van der Waals surface area contributed by atoms with Crippen LogP contribution in [0, 0.1) is 5.92 Å². The van der Waals surface area contributed by atoms with Crippen molar-refractivity contribution in [1.29, 1.82) is 0 Å². The zero-order chi connectivity index (χ0) is 9.78. The van der Waals surface area contributed by atoms with Crippen LogP contribution >= 0.6 is 0 Å². The smallest absolute Gasteiger partial charge is 0.323 e. The highest BCUT2D eigenvalue weighted by molar-refractivity contribution is 5.78. The van der Waals surface area contributed by atoms with E-state index in [4.69, 9.17) is 10.8 Å². The van der Waals surface area contributed by atoms with Gasteiger partial charge in [0, 0.05) is 6.42 Å². The third kappa shape index (κ3) is 3.17. The van der Waals surface area contributed by atoms with Gasteiger partial charge in [-0.25, -0.2) is 0 Å². The molecule has 0 radical (unpaired) electrons. The predicted molar refractivity (Wildman–Crippen MR) is 44.6 cm³/mol. The van der Waals surface area contributed by atoms with Gasteiger partial charge in [0.05, 0.1) is 6.67 Å². The number of halogens is 1. The maximum absolute atomic E-state index is 12.0. The first kappa shape index (κ1) is 11.4. The van der Waals surface area contributed by atoms with Gasteiger partial charge in [-0.05, 0) is 12.3 Å². The van der Waals surface area contributed by atoms with E-state index in [1.54, 1.807) is 0 Å². The van der Waals surface area contributed by atoms with Crippen LogP contribution in [0.1, 0.15) is 26.7 Å². The summed E-state index contributed by atoms with van der Waals surface area (Å²) < 4.78 is 12.0. The average Bonchev–Trinajstić information content (AvgIpc) is 1.85. The first-order valence-electron chi connectivity index (χ1n) is 4.00. The first-order valence-corrected chi connectivity index (χ1v) is 4.00. The molecule has 0 fully saturated rings. The molecule has 3 nitrogen and oxygen atoms in total. The van der Waals surface area contributed by atoms with Crippen LogP contribution in [0.4, 0.5) is 4.39 Å². The standard InChI is InChI=1S/C8H16FNO2/c1-6(2)5-8(10,3-4-9)7(11)12/h6H,3-5,10H2,1-2H3,(H,11,12)/t8-/m0/s1. The van der Waals surface area contributed by atoms with Crippen molar-refractivity contribution < 1.29 is 14.3 Å². The van der Waals surface area contributed by atoms with E-state index in [9.17, 15) is 9.18 Å². The molecule has 0 aromatic carbocycles. The largest absolute Gasteiger partial charge is 0.480 e. The van der Waals surface area contributed by atoms with Crippen molar-refractivity contribution in [1.82, 2.24) is 0 Å². The summed E-state index contributed by atoms with van der Waals surface area (Å²) in [5, 5.41) is 8.72. The molecule has 0 rings (SSSR count). The van der Waals surface area contributed by atoms with E-state index in [-0.39, 0.29) is 12.3 Å². The van der Waals surface area contributed by atoms with Crippen molar-refractivity contribution in [2.45, 2.75) is 32.2 Å².